The monoisotopic (exact) mass is 396 g/mol. The van der Waals surface area contributed by atoms with Gasteiger partial charge in [-0.3, -0.25) is 4.79 Å². The van der Waals surface area contributed by atoms with Gasteiger partial charge in [-0.1, -0.05) is 50.2 Å². The van der Waals surface area contributed by atoms with E-state index in [0.29, 0.717) is 5.92 Å². The summed E-state index contributed by atoms with van der Waals surface area (Å²) in [7, 11) is -3.47. The molecule has 1 unspecified atom stereocenters. The van der Waals surface area contributed by atoms with Gasteiger partial charge in [-0.05, 0) is 29.2 Å². The second kappa shape index (κ2) is 9.16. The molecule has 0 bridgehead atoms. The fraction of sp³-hybridized carbons (Fsp3) is 0.316. The van der Waals surface area contributed by atoms with Crippen LogP contribution >= 0.6 is 12.4 Å². The zero-order chi connectivity index (χ0) is 18.6. The molecular weight excluding hydrogens is 372 g/mol. The van der Waals surface area contributed by atoms with Gasteiger partial charge in [0, 0.05) is 18.8 Å². The van der Waals surface area contributed by atoms with E-state index >= 15 is 0 Å². The number of rotatable bonds is 6. The van der Waals surface area contributed by atoms with Gasteiger partial charge in [-0.2, -0.15) is 0 Å². The van der Waals surface area contributed by atoms with Crippen LogP contribution in [-0.4, -0.2) is 27.1 Å². The summed E-state index contributed by atoms with van der Waals surface area (Å²) < 4.78 is 23.6. The molecule has 0 aliphatic heterocycles. The number of carbonyl (C=O) groups excluding carboxylic acids is 1. The van der Waals surface area contributed by atoms with E-state index in [0.717, 1.165) is 11.8 Å². The molecule has 3 N–H and O–H groups in total. The molecule has 26 heavy (non-hydrogen) atoms. The van der Waals surface area contributed by atoms with E-state index in [4.69, 9.17) is 5.73 Å². The summed E-state index contributed by atoms with van der Waals surface area (Å²) in [4.78, 5) is 12.4. The Kier molecular flexibility index (Phi) is 7.81. The van der Waals surface area contributed by atoms with E-state index in [2.05, 4.69) is 19.2 Å². The number of hydrogen-bond donors (Lipinski definition) is 2. The molecule has 2 rings (SSSR count). The van der Waals surface area contributed by atoms with Crippen LogP contribution in [0.5, 0.6) is 0 Å². The van der Waals surface area contributed by atoms with Gasteiger partial charge < -0.3 is 11.1 Å². The number of hydrogen-bond acceptors (Lipinski definition) is 4. The lowest BCUT2D eigenvalue weighted by Gasteiger charge is -2.15. The molecule has 0 aliphatic rings. The van der Waals surface area contributed by atoms with Crippen molar-refractivity contribution in [3.05, 3.63) is 65.2 Å². The number of nitrogens with one attached hydrogen (secondary N) is 1. The first-order chi connectivity index (χ1) is 11.7. The molecule has 0 saturated carbocycles. The van der Waals surface area contributed by atoms with E-state index < -0.39 is 15.7 Å². The summed E-state index contributed by atoms with van der Waals surface area (Å²) >= 11 is 0. The molecule has 5 nitrogen and oxygen atoms in total. The molecule has 0 spiro atoms. The summed E-state index contributed by atoms with van der Waals surface area (Å²) in [5.41, 5.74) is 8.41. The molecule has 0 heterocycles. The van der Waals surface area contributed by atoms with Crippen LogP contribution in [0.1, 0.15) is 47.3 Å². The molecule has 0 fully saturated rings. The Hall–Kier alpha value is -1.89. The smallest absolute Gasteiger partial charge is 0.252 e. The van der Waals surface area contributed by atoms with E-state index in [1.165, 1.54) is 17.7 Å². The number of nitrogens with two attached hydrogens (primary N) is 1. The van der Waals surface area contributed by atoms with Gasteiger partial charge in [0.1, 0.15) is 0 Å². The molecule has 0 aliphatic carbocycles. The van der Waals surface area contributed by atoms with Gasteiger partial charge >= 0.3 is 0 Å². The Morgan fingerprint density at radius 3 is 2.12 bits per heavy atom. The summed E-state index contributed by atoms with van der Waals surface area (Å²) in [5.74, 6) is -0.00672. The summed E-state index contributed by atoms with van der Waals surface area (Å²) in [5, 5.41) is 2.72. The first kappa shape index (κ1) is 22.2. The predicted octanol–water partition coefficient (Wildman–Crippen LogP) is 3.07. The minimum absolute atomic E-state index is 0. The zero-order valence-corrected chi connectivity index (χ0v) is 16.7. The molecule has 0 saturated heterocycles. The van der Waals surface area contributed by atoms with Crippen LogP contribution in [0.25, 0.3) is 0 Å². The van der Waals surface area contributed by atoms with Gasteiger partial charge in [0.15, 0.2) is 9.84 Å². The van der Waals surface area contributed by atoms with Crippen molar-refractivity contribution < 1.29 is 13.2 Å². The van der Waals surface area contributed by atoms with Crippen molar-refractivity contribution in [3.63, 3.8) is 0 Å². The maximum absolute atomic E-state index is 12.4. The summed E-state index contributed by atoms with van der Waals surface area (Å²) in [6, 6.07) is 13.7. The van der Waals surface area contributed by atoms with Crippen LogP contribution in [0.15, 0.2) is 53.4 Å². The molecule has 2 aromatic carbocycles. The Labute approximate surface area is 161 Å². The molecule has 0 aromatic heterocycles. The highest BCUT2D eigenvalue weighted by molar-refractivity contribution is 7.90. The van der Waals surface area contributed by atoms with Crippen molar-refractivity contribution in [1.82, 2.24) is 5.32 Å². The number of amides is 1. The van der Waals surface area contributed by atoms with E-state index in [1.807, 2.05) is 24.3 Å². The van der Waals surface area contributed by atoms with Gasteiger partial charge in [0.25, 0.3) is 5.91 Å². The first-order valence-corrected chi connectivity index (χ1v) is 10.0. The fourth-order valence-electron chi connectivity index (χ4n) is 2.52. The van der Waals surface area contributed by atoms with Crippen LogP contribution in [0.3, 0.4) is 0 Å². The molecule has 142 valence electrons. The van der Waals surface area contributed by atoms with Crippen LogP contribution in [0.2, 0.25) is 0 Å². The van der Waals surface area contributed by atoms with Crippen LogP contribution in [-0.2, 0) is 9.84 Å². The van der Waals surface area contributed by atoms with Crippen molar-refractivity contribution in [1.29, 1.82) is 0 Å². The maximum Gasteiger partial charge on any atom is 0.252 e. The third-order valence-electron chi connectivity index (χ3n) is 4.04. The van der Waals surface area contributed by atoms with Crippen LogP contribution in [0, 0.1) is 0 Å². The lowest BCUT2D eigenvalue weighted by molar-refractivity contribution is 0.0948. The number of carbonyl (C=O) groups is 1. The Morgan fingerprint density at radius 2 is 1.58 bits per heavy atom. The highest BCUT2D eigenvalue weighted by Crippen LogP contribution is 2.18. The van der Waals surface area contributed by atoms with E-state index in [-0.39, 0.29) is 35.5 Å². The lowest BCUT2D eigenvalue weighted by atomic mass is 9.99. The standard InChI is InChI=1S/C19H24N2O3S.ClH/c1-13(2)14-8-10-15(11-9-14)17(20)12-21-19(22)16-6-4-5-7-18(16)25(3,23)24;/h4-11,13,17H,12,20H2,1-3H3,(H,21,22);1H. The van der Waals surface area contributed by atoms with Crippen molar-refractivity contribution in [2.75, 3.05) is 12.8 Å². The van der Waals surface area contributed by atoms with Crippen LogP contribution in [0.4, 0.5) is 0 Å². The Balaban J connectivity index is 0.00000338. The normalized spacial score (nSPS) is 12.3. The second-order valence-corrected chi connectivity index (χ2v) is 8.39. The van der Waals surface area contributed by atoms with Gasteiger partial charge in [0.2, 0.25) is 0 Å². The summed E-state index contributed by atoms with van der Waals surface area (Å²) in [6.07, 6.45) is 1.08. The largest absolute Gasteiger partial charge is 0.350 e. The number of benzene rings is 2. The Morgan fingerprint density at radius 1 is 1.04 bits per heavy atom. The quantitative estimate of drug-likeness (QED) is 0.785. The second-order valence-electron chi connectivity index (χ2n) is 6.41. The Bertz CT molecular complexity index is 849. The summed E-state index contributed by atoms with van der Waals surface area (Å²) in [6.45, 7) is 4.46. The average Bonchev–Trinajstić information content (AvgIpc) is 2.58. The molecule has 0 radical (unpaired) electrons. The van der Waals surface area contributed by atoms with Crippen molar-refractivity contribution >= 4 is 28.2 Å². The number of halogens is 1. The third kappa shape index (κ3) is 5.56. The molecule has 1 amide bonds. The molecule has 7 heteroatoms. The minimum atomic E-state index is -3.47. The van der Waals surface area contributed by atoms with Crippen LogP contribution < -0.4 is 11.1 Å². The third-order valence-corrected chi connectivity index (χ3v) is 5.20. The van der Waals surface area contributed by atoms with E-state index in [9.17, 15) is 13.2 Å². The van der Waals surface area contributed by atoms with Gasteiger partial charge in [-0.25, -0.2) is 8.42 Å². The first-order valence-electron chi connectivity index (χ1n) is 8.13. The highest BCUT2D eigenvalue weighted by atomic mass is 35.5. The molecular formula is C19H25ClN2O3S. The lowest BCUT2D eigenvalue weighted by Crippen LogP contribution is -2.32. The SMILES string of the molecule is CC(C)c1ccc(C(N)CNC(=O)c2ccccc2S(C)(=O)=O)cc1.Cl. The number of sulfone groups is 1. The van der Waals surface area contributed by atoms with Crippen molar-refractivity contribution in [2.45, 2.75) is 30.7 Å². The fourth-order valence-corrected chi connectivity index (χ4v) is 3.41. The van der Waals surface area contributed by atoms with E-state index in [1.54, 1.807) is 12.1 Å². The maximum atomic E-state index is 12.4. The average molecular weight is 397 g/mol. The highest BCUT2D eigenvalue weighted by Gasteiger charge is 2.18. The van der Waals surface area contributed by atoms with Gasteiger partial charge in [-0.15, -0.1) is 12.4 Å². The molecule has 1 atom stereocenters. The topological polar surface area (TPSA) is 89.3 Å². The van der Waals surface area contributed by atoms with Crippen molar-refractivity contribution in [2.24, 2.45) is 5.73 Å². The molecule has 2 aromatic rings. The predicted molar refractivity (Wildman–Crippen MR) is 107 cm³/mol. The van der Waals surface area contributed by atoms with Crippen molar-refractivity contribution in [3.8, 4) is 0 Å². The zero-order valence-electron chi connectivity index (χ0n) is 15.1. The van der Waals surface area contributed by atoms with Gasteiger partial charge in [0.05, 0.1) is 10.5 Å². The minimum Gasteiger partial charge on any atom is -0.350 e.